The maximum absolute atomic E-state index is 10.7. The molecule has 0 aliphatic heterocycles. The fourth-order valence-electron chi connectivity index (χ4n) is 1.58. The molecule has 118 valence electrons. The molecule has 0 spiro atoms. The molecule has 1 aromatic rings. The van der Waals surface area contributed by atoms with Crippen LogP contribution in [-0.4, -0.2) is 56.8 Å². The quantitative estimate of drug-likeness (QED) is 0.246. The molecule has 0 saturated heterocycles. The van der Waals surface area contributed by atoms with Gasteiger partial charge in [0.15, 0.2) is 0 Å². The number of benzene rings is 1. The second-order valence-electron chi connectivity index (χ2n) is 4.22. The Morgan fingerprint density at radius 3 is 1.57 bits per heavy atom. The minimum absolute atomic E-state index is 0. The largest absolute Gasteiger partial charge is 1.00 e. The number of carbonyl (C=O) groups excluding carboxylic acids is 1. The number of anilines is 1. The van der Waals surface area contributed by atoms with Gasteiger partial charge in [0.05, 0.1) is 31.7 Å². The van der Waals surface area contributed by atoms with Crippen molar-refractivity contribution in [3.05, 3.63) is 29.8 Å². The zero-order chi connectivity index (χ0) is 16.1. The van der Waals surface area contributed by atoms with Crippen LogP contribution >= 0.6 is 0 Å². The fourth-order valence-corrected chi connectivity index (χ4v) is 2.47. The van der Waals surface area contributed by atoms with Gasteiger partial charge in [-0.3, -0.25) is 4.79 Å². The van der Waals surface area contributed by atoms with Gasteiger partial charge < -0.3 is 14.0 Å². The molecule has 0 aliphatic rings. The third-order valence-electron chi connectivity index (χ3n) is 2.62. The summed E-state index contributed by atoms with van der Waals surface area (Å²) in [5, 5.41) is 0. The van der Waals surface area contributed by atoms with E-state index in [1.54, 1.807) is 0 Å². The topological polar surface area (TPSA) is 135 Å². The summed E-state index contributed by atoms with van der Waals surface area (Å²) in [5.74, 6) is -1.44. The second-order valence-corrected chi connectivity index (χ2v) is 7.27. The van der Waals surface area contributed by atoms with Gasteiger partial charge >= 0.3 is 59.1 Å². The van der Waals surface area contributed by atoms with E-state index in [1.807, 2.05) is 0 Å². The summed E-state index contributed by atoms with van der Waals surface area (Å²) < 4.78 is 64.0. The predicted octanol–water partition coefficient (Wildman–Crippen LogP) is -6.60. The van der Waals surface area contributed by atoms with Crippen LogP contribution in [0.3, 0.4) is 0 Å². The van der Waals surface area contributed by atoms with Crippen molar-refractivity contribution in [1.82, 2.24) is 0 Å². The van der Waals surface area contributed by atoms with E-state index in [2.05, 4.69) is 0 Å². The first-order valence-electron chi connectivity index (χ1n) is 5.78. The van der Waals surface area contributed by atoms with E-state index in [9.17, 15) is 30.7 Å². The maximum atomic E-state index is 10.7. The van der Waals surface area contributed by atoms with Crippen LogP contribution < -0.4 is 64.0 Å². The Balaban J connectivity index is 0. The van der Waals surface area contributed by atoms with Crippen LogP contribution in [0, 0.1) is 0 Å². The molecule has 12 heteroatoms. The number of aldehydes is 1. The summed E-state index contributed by atoms with van der Waals surface area (Å²) in [7, 11) is -8.94. The molecule has 0 unspecified atom stereocenters. The van der Waals surface area contributed by atoms with E-state index in [-0.39, 0.29) is 72.2 Å². The number of nitrogens with zero attached hydrogens (tertiary/aromatic N) is 1. The van der Waals surface area contributed by atoms with E-state index in [0.29, 0.717) is 17.5 Å². The Morgan fingerprint density at radius 2 is 1.26 bits per heavy atom. The molecule has 0 N–H and O–H groups in total. The van der Waals surface area contributed by atoms with Gasteiger partial charge in [-0.05, 0) is 24.3 Å². The number of carbonyl (C=O) groups is 1. The Bertz CT molecular complexity index is 654. The first-order chi connectivity index (χ1) is 9.61. The van der Waals surface area contributed by atoms with Crippen molar-refractivity contribution in [1.29, 1.82) is 0 Å². The predicted molar refractivity (Wildman–Crippen MR) is 73.2 cm³/mol. The van der Waals surface area contributed by atoms with Gasteiger partial charge in [0, 0.05) is 24.3 Å². The van der Waals surface area contributed by atoms with E-state index < -0.39 is 31.7 Å². The van der Waals surface area contributed by atoms with Gasteiger partial charge in [0.25, 0.3) is 0 Å². The van der Waals surface area contributed by atoms with Crippen molar-refractivity contribution in [3.8, 4) is 0 Å². The average Bonchev–Trinajstić information content (AvgIpc) is 2.36. The molecule has 0 fully saturated rings. The van der Waals surface area contributed by atoms with Crippen molar-refractivity contribution in [2.45, 2.75) is 0 Å². The summed E-state index contributed by atoms with van der Waals surface area (Å²) in [6, 6.07) is 5.84. The smallest absolute Gasteiger partial charge is 0.748 e. The Morgan fingerprint density at radius 1 is 0.870 bits per heavy atom. The molecule has 0 aromatic heterocycles. The van der Waals surface area contributed by atoms with Crippen molar-refractivity contribution < 1.29 is 89.9 Å². The third kappa shape index (κ3) is 11.6. The second kappa shape index (κ2) is 11.2. The third-order valence-corrected chi connectivity index (χ3v) is 3.98. The van der Waals surface area contributed by atoms with Crippen LogP contribution in [0.4, 0.5) is 5.69 Å². The van der Waals surface area contributed by atoms with Crippen LogP contribution in [0.15, 0.2) is 24.3 Å². The van der Waals surface area contributed by atoms with Crippen molar-refractivity contribution in [2.75, 3.05) is 29.5 Å². The van der Waals surface area contributed by atoms with Crippen LogP contribution in [-0.2, 0) is 20.2 Å². The zero-order valence-electron chi connectivity index (χ0n) is 12.8. The van der Waals surface area contributed by atoms with Gasteiger partial charge in [-0.25, -0.2) is 16.8 Å². The van der Waals surface area contributed by atoms with Crippen LogP contribution in [0.25, 0.3) is 0 Å². The van der Waals surface area contributed by atoms with E-state index in [1.165, 1.54) is 29.2 Å². The molecule has 0 radical (unpaired) electrons. The van der Waals surface area contributed by atoms with E-state index >= 15 is 0 Å². The number of rotatable bonds is 8. The molecule has 0 heterocycles. The Kier molecular flexibility index (Phi) is 12.5. The van der Waals surface area contributed by atoms with Crippen molar-refractivity contribution in [2.24, 2.45) is 0 Å². The molecule has 0 aliphatic carbocycles. The maximum Gasteiger partial charge on any atom is 1.00 e. The molecular weight excluding hydrogens is 368 g/mol. The number of hydrogen-bond acceptors (Lipinski definition) is 8. The van der Waals surface area contributed by atoms with Gasteiger partial charge in [-0.15, -0.1) is 0 Å². The van der Waals surface area contributed by atoms with Gasteiger partial charge in [-0.2, -0.15) is 0 Å². The summed E-state index contributed by atoms with van der Waals surface area (Å²) in [6.45, 7) is -0.496. The summed E-state index contributed by atoms with van der Waals surface area (Å²) in [6.07, 6.45) is 0.609. The molecule has 0 atom stereocenters. The van der Waals surface area contributed by atoms with Crippen LogP contribution in [0.5, 0.6) is 0 Å². The van der Waals surface area contributed by atoms with E-state index in [0.717, 1.165) is 0 Å². The molecule has 8 nitrogen and oxygen atoms in total. The molecular formula is C11H13NNa2O7S2. The van der Waals surface area contributed by atoms with E-state index in [4.69, 9.17) is 0 Å². The molecule has 23 heavy (non-hydrogen) atoms. The number of hydrogen-bond donors (Lipinski definition) is 0. The Hall–Kier alpha value is 0.510. The zero-order valence-corrected chi connectivity index (χ0v) is 18.5. The first-order valence-corrected chi connectivity index (χ1v) is 8.93. The minimum atomic E-state index is -4.47. The molecule has 0 saturated carbocycles. The summed E-state index contributed by atoms with van der Waals surface area (Å²) in [5.41, 5.74) is 0.791. The van der Waals surface area contributed by atoms with Crippen LogP contribution in [0.2, 0.25) is 0 Å². The molecule has 0 bridgehead atoms. The van der Waals surface area contributed by atoms with Crippen molar-refractivity contribution in [3.63, 3.8) is 0 Å². The van der Waals surface area contributed by atoms with Crippen LogP contribution in [0.1, 0.15) is 10.4 Å². The molecule has 1 rings (SSSR count). The minimum Gasteiger partial charge on any atom is -0.748 e. The average molecular weight is 381 g/mol. The monoisotopic (exact) mass is 381 g/mol. The fraction of sp³-hybridized carbons (Fsp3) is 0.364. The standard InChI is InChI=1S/C11H15NO7S2.2Na/c13-9-10-1-3-11(4-2-10)12(5-7-20(14,15)16)6-8-21(17,18)19;;/h1-4,9H,5-8H2,(H,14,15,16)(H,17,18,19);;/q;2*+1/p-2. The molecule has 1 aromatic carbocycles. The summed E-state index contributed by atoms with van der Waals surface area (Å²) in [4.78, 5) is 11.8. The van der Waals surface area contributed by atoms with Gasteiger partial charge in [0.2, 0.25) is 0 Å². The summed E-state index contributed by atoms with van der Waals surface area (Å²) >= 11 is 0. The Labute approximate surface area is 179 Å². The normalized spacial score (nSPS) is 11.0. The SMILES string of the molecule is O=Cc1ccc(N(CCS(=O)(=O)[O-])CCS(=O)(=O)[O-])cc1.[Na+].[Na+]. The van der Waals surface area contributed by atoms with Gasteiger partial charge in [0.1, 0.15) is 6.29 Å². The first kappa shape index (κ1) is 25.7. The van der Waals surface area contributed by atoms with Gasteiger partial charge in [-0.1, -0.05) is 0 Å². The van der Waals surface area contributed by atoms with Crippen molar-refractivity contribution >= 4 is 32.2 Å². The molecule has 0 amide bonds.